The van der Waals surface area contributed by atoms with Crippen LogP contribution in [0.25, 0.3) is 0 Å². The predicted octanol–water partition coefficient (Wildman–Crippen LogP) is 4.59. The molecule has 0 bridgehead atoms. The second-order valence-corrected chi connectivity index (χ2v) is 4.71. The first-order valence-corrected chi connectivity index (χ1v) is 5.92. The molecule has 2 aromatic rings. The molecule has 0 spiro atoms. The number of halogens is 5. The van der Waals surface area contributed by atoms with Gasteiger partial charge in [0.2, 0.25) is 0 Å². The van der Waals surface area contributed by atoms with Gasteiger partial charge in [0.25, 0.3) is 0 Å². The zero-order valence-electron chi connectivity index (χ0n) is 8.78. The summed E-state index contributed by atoms with van der Waals surface area (Å²) in [6.07, 6.45) is 0. The van der Waals surface area contributed by atoms with E-state index in [9.17, 15) is 17.6 Å². The van der Waals surface area contributed by atoms with Crippen LogP contribution in [0.15, 0.2) is 30.3 Å². The van der Waals surface area contributed by atoms with Crippen LogP contribution in [0.1, 0.15) is 0 Å². The second-order valence-electron chi connectivity index (χ2n) is 3.47. The summed E-state index contributed by atoms with van der Waals surface area (Å²) >= 11 is 1.90. The van der Waals surface area contributed by atoms with E-state index in [2.05, 4.69) is 5.32 Å². The molecule has 0 amide bonds. The molecule has 0 aliphatic rings. The van der Waals surface area contributed by atoms with Crippen LogP contribution < -0.4 is 5.32 Å². The van der Waals surface area contributed by atoms with Gasteiger partial charge in [-0.2, -0.15) is 0 Å². The largest absolute Gasteiger partial charge is 0.348 e. The van der Waals surface area contributed by atoms with Crippen molar-refractivity contribution in [1.82, 2.24) is 0 Å². The van der Waals surface area contributed by atoms with Crippen molar-refractivity contribution in [2.75, 3.05) is 5.32 Å². The van der Waals surface area contributed by atoms with E-state index >= 15 is 0 Å². The van der Waals surface area contributed by atoms with Crippen LogP contribution in [-0.2, 0) is 0 Å². The Balaban J connectivity index is 2.43. The van der Waals surface area contributed by atoms with E-state index in [-0.39, 0.29) is 5.69 Å². The van der Waals surface area contributed by atoms with Gasteiger partial charge in [0.1, 0.15) is 17.3 Å². The van der Waals surface area contributed by atoms with Crippen molar-refractivity contribution in [3.05, 3.63) is 57.2 Å². The van der Waals surface area contributed by atoms with E-state index in [0.29, 0.717) is 9.64 Å². The molecule has 0 saturated heterocycles. The standard InChI is InChI=1S/C12H6F4IN/c13-7-2-3-8(14)12(11(7)16)18-10-4-1-6(17)5-9(10)15/h1-5,18H. The minimum atomic E-state index is -1.38. The topological polar surface area (TPSA) is 12.0 Å². The second kappa shape index (κ2) is 5.13. The molecule has 0 aliphatic heterocycles. The van der Waals surface area contributed by atoms with Crippen molar-refractivity contribution < 1.29 is 17.6 Å². The lowest BCUT2D eigenvalue weighted by atomic mass is 10.2. The maximum Gasteiger partial charge on any atom is 0.185 e. The van der Waals surface area contributed by atoms with Gasteiger partial charge >= 0.3 is 0 Å². The third-order valence-corrected chi connectivity index (χ3v) is 2.91. The van der Waals surface area contributed by atoms with Crippen molar-refractivity contribution in [1.29, 1.82) is 0 Å². The number of hydrogen-bond donors (Lipinski definition) is 1. The van der Waals surface area contributed by atoms with Crippen LogP contribution in [0.4, 0.5) is 28.9 Å². The Morgan fingerprint density at radius 3 is 2.17 bits per heavy atom. The lowest BCUT2D eigenvalue weighted by molar-refractivity contribution is 0.499. The van der Waals surface area contributed by atoms with Gasteiger partial charge in [-0.05, 0) is 52.9 Å². The normalized spacial score (nSPS) is 10.5. The molecule has 1 N–H and O–H groups in total. The fraction of sp³-hybridized carbons (Fsp3) is 0. The van der Waals surface area contributed by atoms with Crippen molar-refractivity contribution >= 4 is 34.0 Å². The summed E-state index contributed by atoms with van der Waals surface area (Å²) in [7, 11) is 0. The first kappa shape index (κ1) is 13.1. The minimum absolute atomic E-state index is 0.126. The first-order chi connectivity index (χ1) is 8.49. The summed E-state index contributed by atoms with van der Waals surface area (Å²) in [5.74, 6) is -4.26. The van der Waals surface area contributed by atoms with E-state index in [1.807, 2.05) is 22.6 Å². The van der Waals surface area contributed by atoms with E-state index in [1.54, 1.807) is 6.07 Å². The molecule has 1 nitrogen and oxygen atoms in total. The summed E-state index contributed by atoms with van der Waals surface area (Å²) in [4.78, 5) is 0. The quantitative estimate of drug-likeness (QED) is 0.465. The Hall–Kier alpha value is -1.31. The monoisotopic (exact) mass is 367 g/mol. The molecule has 0 saturated carbocycles. The Kier molecular flexibility index (Phi) is 3.74. The molecule has 94 valence electrons. The zero-order valence-corrected chi connectivity index (χ0v) is 10.9. The molecule has 0 fully saturated rings. The Bertz CT molecular complexity index is 601. The average molecular weight is 367 g/mol. The maximum absolute atomic E-state index is 13.5. The van der Waals surface area contributed by atoms with E-state index in [0.717, 1.165) is 6.07 Å². The smallest absolute Gasteiger partial charge is 0.185 e. The minimum Gasteiger partial charge on any atom is -0.348 e. The van der Waals surface area contributed by atoms with Crippen LogP contribution in [0.3, 0.4) is 0 Å². The number of rotatable bonds is 2. The lowest BCUT2D eigenvalue weighted by Crippen LogP contribution is -2.01. The molecule has 18 heavy (non-hydrogen) atoms. The third kappa shape index (κ3) is 2.58. The highest BCUT2D eigenvalue weighted by Crippen LogP contribution is 2.27. The number of anilines is 2. The van der Waals surface area contributed by atoms with Gasteiger partial charge in [0, 0.05) is 3.57 Å². The van der Waals surface area contributed by atoms with Gasteiger partial charge in [0.15, 0.2) is 11.6 Å². The van der Waals surface area contributed by atoms with Gasteiger partial charge in [0.05, 0.1) is 5.69 Å². The highest BCUT2D eigenvalue weighted by molar-refractivity contribution is 14.1. The number of nitrogens with one attached hydrogen (secondary N) is 1. The predicted molar refractivity (Wildman–Crippen MR) is 68.7 cm³/mol. The van der Waals surface area contributed by atoms with E-state index in [4.69, 9.17) is 0 Å². The van der Waals surface area contributed by atoms with Crippen molar-refractivity contribution in [3.63, 3.8) is 0 Å². The van der Waals surface area contributed by atoms with Crippen molar-refractivity contribution in [3.8, 4) is 0 Å². The molecule has 0 atom stereocenters. The first-order valence-electron chi connectivity index (χ1n) is 4.84. The molecular formula is C12H6F4IN. The average Bonchev–Trinajstić information content (AvgIpc) is 2.32. The molecular weight excluding hydrogens is 361 g/mol. The fourth-order valence-electron chi connectivity index (χ4n) is 1.37. The summed E-state index contributed by atoms with van der Waals surface area (Å²) < 4.78 is 53.8. The summed E-state index contributed by atoms with van der Waals surface area (Å²) in [5, 5.41) is 2.21. The SMILES string of the molecule is Fc1cc(I)ccc1Nc1c(F)ccc(F)c1F. The van der Waals surface area contributed by atoms with Gasteiger partial charge < -0.3 is 5.32 Å². The Morgan fingerprint density at radius 1 is 0.833 bits per heavy atom. The van der Waals surface area contributed by atoms with Crippen LogP contribution in [0.5, 0.6) is 0 Å². The summed E-state index contributed by atoms with van der Waals surface area (Å²) in [6, 6.07) is 5.51. The third-order valence-electron chi connectivity index (χ3n) is 2.23. The molecule has 0 unspecified atom stereocenters. The van der Waals surface area contributed by atoms with Crippen molar-refractivity contribution in [2.45, 2.75) is 0 Å². The lowest BCUT2D eigenvalue weighted by Gasteiger charge is -2.10. The molecule has 0 aromatic heterocycles. The van der Waals surface area contributed by atoms with Gasteiger partial charge in [-0.15, -0.1) is 0 Å². The summed E-state index contributed by atoms with van der Waals surface area (Å²) in [6.45, 7) is 0. The summed E-state index contributed by atoms with van der Waals surface area (Å²) in [5.41, 5.74) is -0.839. The van der Waals surface area contributed by atoms with Crippen LogP contribution in [0, 0.1) is 26.8 Å². The number of benzene rings is 2. The van der Waals surface area contributed by atoms with Crippen LogP contribution in [-0.4, -0.2) is 0 Å². The zero-order chi connectivity index (χ0) is 13.3. The molecule has 2 rings (SSSR count). The van der Waals surface area contributed by atoms with Crippen LogP contribution in [0.2, 0.25) is 0 Å². The van der Waals surface area contributed by atoms with E-state index in [1.165, 1.54) is 12.1 Å². The Labute approximate surface area is 114 Å². The highest BCUT2D eigenvalue weighted by atomic mass is 127. The van der Waals surface area contributed by atoms with Crippen LogP contribution >= 0.6 is 22.6 Å². The maximum atomic E-state index is 13.5. The highest BCUT2D eigenvalue weighted by Gasteiger charge is 2.15. The molecule has 0 radical (unpaired) electrons. The molecule has 0 aliphatic carbocycles. The molecule has 0 heterocycles. The van der Waals surface area contributed by atoms with Gasteiger partial charge in [-0.3, -0.25) is 0 Å². The molecule has 2 aromatic carbocycles. The van der Waals surface area contributed by atoms with Gasteiger partial charge in [-0.25, -0.2) is 17.6 Å². The Morgan fingerprint density at radius 2 is 1.50 bits per heavy atom. The number of hydrogen-bond acceptors (Lipinski definition) is 1. The van der Waals surface area contributed by atoms with E-state index < -0.39 is 29.0 Å². The fourth-order valence-corrected chi connectivity index (χ4v) is 1.82. The van der Waals surface area contributed by atoms with Crippen molar-refractivity contribution in [2.24, 2.45) is 0 Å². The van der Waals surface area contributed by atoms with Gasteiger partial charge in [-0.1, -0.05) is 0 Å². The molecule has 6 heteroatoms.